The maximum atomic E-state index is 13.4. The van der Waals surface area contributed by atoms with Crippen LogP contribution < -0.4 is 16.4 Å². The lowest BCUT2D eigenvalue weighted by Crippen LogP contribution is -2.52. The molecule has 0 saturated heterocycles. The third kappa shape index (κ3) is 6.18. The molecular weight excluding hydrogens is 434 g/mol. The fourth-order valence-corrected chi connectivity index (χ4v) is 5.79. The van der Waals surface area contributed by atoms with E-state index in [-0.39, 0.29) is 35.8 Å². The summed E-state index contributed by atoms with van der Waals surface area (Å²) in [6, 6.07) is 0.000584. The predicted octanol–water partition coefficient (Wildman–Crippen LogP) is 3.41. The molecule has 1 aromatic rings. The van der Waals surface area contributed by atoms with Crippen LogP contribution in [0.25, 0.3) is 6.20 Å². The van der Waals surface area contributed by atoms with Gasteiger partial charge in [-0.15, -0.1) is 0 Å². The van der Waals surface area contributed by atoms with Crippen molar-refractivity contribution in [3.8, 4) is 0 Å². The molecule has 1 aromatic heterocycles. The van der Waals surface area contributed by atoms with Gasteiger partial charge in [0.15, 0.2) is 0 Å². The molecular formula is C25H39N5O4. The van der Waals surface area contributed by atoms with E-state index < -0.39 is 11.6 Å². The van der Waals surface area contributed by atoms with Crippen molar-refractivity contribution in [2.24, 2.45) is 23.5 Å². The van der Waals surface area contributed by atoms with E-state index in [9.17, 15) is 14.4 Å². The summed E-state index contributed by atoms with van der Waals surface area (Å²) in [5, 5.41) is 10.6. The number of nitrogens with one attached hydrogen (secondary N) is 2. The number of rotatable bonds is 7. The normalized spacial score (nSPS) is 27.0. The number of fused-ring (bicyclic) bond motifs is 2. The number of carbonyl (C=O) groups excluding carboxylic acids is 3. The van der Waals surface area contributed by atoms with Crippen molar-refractivity contribution in [1.82, 2.24) is 20.4 Å². The summed E-state index contributed by atoms with van der Waals surface area (Å²) in [7, 11) is 0. The van der Waals surface area contributed by atoms with E-state index in [1.54, 1.807) is 17.1 Å². The van der Waals surface area contributed by atoms with Crippen LogP contribution in [0.1, 0.15) is 89.2 Å². The first-order valence-corrected chi connectivity index (χ1v) is 12.2. The molecule has 4 N–H and O–H groups in total. The average Bonchev–Trinajstić information content (AvgIpc) is 3.12. The Balaban J connectivity index is 1.78. The van der Waals surface area contributed by atoms with Gasteiger partial charge in [-0.2, -0.15) is 5.10 Å². The van der Waals surface area contributed by atoms with Crippen LogP contribution in [0, 0.1) is 17.8 Å². The first kappa shape index (κ1) is 25.8. The Morgan fingerprint density at radius 2 is 1.94 bits per heavy atom. The molecule has 3 rings (SSSR count). The second-order valence-electron chi connectivity index (χ2n) is 10.9. The fourth-order valence-electron chi connectivity index (χ4n) is 5.79. The van der Waals surface area contributed by atoms with Gasteiger partial charge in [0.2, 0.25) is 5.91 Å². The van der Waals surface area contributed by atoms with Gasteiger partial charge in [-0.05, 0) is 69.3 Å². The minimum atomic E-state index is -0.734. The average molecular weight is 474 g/mol. The number of primary amides is 1. The van der Waals surface area contributed by atoms with Crippen LogP contribution in [0.4, 0.5) is 4.79 Å². The smallest absolute Gasteiger partial charge is 0.404 e. The van der Waals surface area contributed by atoms with Gasteiger partial charge in [-0.3, -0.25) is 9.59 Å². The summed E-state index contributed by atoms with van der Waals surface area (Å²) in [6.07, 6.45) is 7.91. The number of hydrogen-bond acceptors (Lipinski definition) is 5. The Labute approximate surface area is 201 Å². The molecule has 3 unspecified atom stereocenters. The van der Waals surface area contributed by atoms with Gasteiger partial charge in [-0.1, -0.05) is 20.8 Å². The minimum absolute atomic E-state index is 0.000584. The lowest BCUT2D eigenvalue weighted by atomic mass is 9.65. The number of carbonyl (C=O) groups is 3. The molecule has 5 atom stereocenters. The lowest BCUT2D eigenvalue weighted by Gasteiger charge is -2.46. The summed E-state index contributed by atoms with van der Waals surface area (Å²) in [6.45, 7) is 11.5. The third-order valence-corrected chi connectivity index (χ3v) is 6.96. The van der Waals surface area contributed by atoms with Crippen molar-refractivity contribution in [2.75, 3.05) is 0 Å². The molecule has 2 fully saturated rings. The topological polar surface area (TPSA) is 128 Å². The minimum Gasteiger partial charge on any atom is -0.446 e. The Morgan fingerprint density at radius 1 is 1.24 bits per heavy atom. The molecule has 34 heavy (non-hydrogen) atoms. The number of aromatic nitrogens is 2. The van der Waals surface area contributed by atoms with Crippen molar-refractivity contribution < 1.29 is 19.1 Å². The van der Waals surface area contributed by atoms with Crippen LogP contribution in [0.15, 0.2) is 12.3 Å². The molecule has 3 amide bonds. The van der Waals surface area contributed by atoms with Crippen LogP contribution in [-0.2, 0) is 9.53 Å². The third-order valence-electron chi connectivity index (χ3n) is 6.96. The van der Waals surface area contributed by atoms with Crippen LogP contribution in [0.3, 0.4) is 0 Å². The largest absolute Gasteiger partial charge is 0.446 e. The van der Waals surface area contributed by atoms with Gasteiger partial charge >= 0.3 is 6.09 Å². The van der Waals surface area contributed by atoms with Gasteiger partial charge in [0.1, 0.15) is 6.10 Å². The number of nitrogens with two attached hydrogens (primary N) is 1. The number of ether oxygens (including phenoxy) is 1. The maximum absolute atomic E-state index is 13.4. The summed E-state index contributed by atoms with van der Waals surface area (Å²) >= 11 is 0. The molecule has 9 nitrogen and oxygen atoms in total. The fraction of sp³-hybridized carbons (Fsp3) is 0.680. The van der Waals surface area contributed by atoms with Crippen molar-refractivity contribution >= 4 is 24.1 Å². The van der Waals surface area contributed by atoms with Crippen molar-refractivity contribution in [1.29, 1.82) is 0 Å². The summed E-state index contributed by atoms with van der Waals surface area (Å²) in [5.74, 6) is 0.863. The molecule has 2 saturated carbocycles. The van der Waals surface area contributed by atoms with Gasteiger partial charge in [0.25, 0.3) is 5.91 Å². The molecule has 0 spiro atoms. The highest BCUT2D eigenvalue weighted by Gasteiger charge is 2.43. The lowest BCUT2D eigenvalue weighted by molar-refractivity contribution is -0.120. The van der Waals surface area contributed by atoms with Crippen LogP contribution in [0.2, 0.25) is 0 Å². The Bertz CT molecular complexity index is 949. The first-order valence-electron chi connectivity index (χ1n) is 12.2. The molecule has 2 bridgehead atoms. The highest BCUT2D eigenvalue weighted by Crippen LogP contribution is 2.43. The SMILES string of the molecule is CC(=O)NC(C)(C)/C=C/n1ncc(C(=O)N[C@@H]2C(C)CC3CC2C[C@@H](OC(N)=O)C3)c1C(C)C. The number of hydrogen-bond donors (Lipinski definition) is 3. The monoisotopic (exact) mass is 473 g/mol. The standard InChI is InChI=1S/C25H39N5O4/c1-14(2)22-20(13-27-30(22)8-7-25(5,6)29-16(4)31)23(32)28-21-15(3)9-17-10-18(21)12-19(11-17)34-24(26)33/h7-8,13-15,17-19,21H,9-12H2,1-6H3,(H2,26,33)(H,28,32)(H,29,31)/b8-7+/t15?,17?,18?,19-,21+/m0/s1. The zero-order valence-corrected chi connectivity index (χ0v) is 21.1. The molecule has 1 heterocycles. The molecule has 9 heteroatoms. The maximum Gasteiger partial charge on any atom is 0.404 e. The molecule has 2 aliphatic rings. The molecule has 188 valence electrons. The zero-order valence-electron chi connectivity index (χ0n) is 21.1. The molecule has 0 aromatic carbocycles. The summed E-state index contributed by atoms with van der Waals surface area (Å²) in [4.78, 5) is 36.1. The van der Waals surface area contributed by atoms with Crippen molar-refractivity contribution in [2.45, 2.75) is 90.8 Å². The number of nitrogens with zero attached hydrogens (tertiary/aromatic N) is 2. The highest BCUT2D eigenvalue weighted by molar-refractivity contribution is 5.95. The zero-order chi connectivity index (χ0) is 25.2. The van der Waals surface area contributed by atoms with Gasteiger partial charge < -0.3 is 21.1 Å². The summed E-state index contributed by atoms with van der Waals surface area (Å²) in [5.41, 5.74) is 6.06. The van der Waals surface area contributed by atoms with E-state index in [2.05, 4.69) is 22.7 Å². The van der Waals surface area contributed by atoms with E-state index in [0.29, 0.717) is 23.8 Å². The van der Waals surface area contributed by atoms with Crippen LogP contribution >= 0.6 is 0 Å². The van der Waals surface area contributed by atoms with Gasteiger partial charge in [0, 0.05) is 19.2 Å². The molecule has 0 aliphatic heterocycles. The Kier molecular flexibility index (Phi) is 7.73. The number of amides is 3. The van der Waals surface area contributed by atoms with E-state index in [4.69, 9.17) is 10.5 Å². The molecule has 2 aliphatic carbocycles. The van der Waals surface area contributed by atoms with Crippen molar-refractivity contribution in [3.05, 3.63) is 23.5 Å². The Morgan fingerprint density at radius 3 is 2.56 bits per heavy atom. The summed E-state index contributed by atoms with van der Waals surface area (Å²) < 4.78 is 7.02. The van der Waals surface area contributed by atoms with Crippen LogP contribution in [-0.4, -0.2) is 45.4 Å². The Hall–Kier alpha value is -2.84. The van der Waals surface area contributed by atoms with Crippen LogP contribution in [0.5, 0.6) is 0 Å². The van der Waals surface area contributed by atoms with E-state index in [1.807, 2.05) is 33.8 Å². The van der Waals surface area contributed by atoms with E-state index in [0.717, 1.165) is 25.0 Å². The predicted molar refractivity (Wildman–Crippen MR) is 130 cm³/mol. The van der Waals surface area contributed by atoms with Gasteiger partial charge in [-0.25, -0.2) is 9.48 Å². The highest BCUT2D eigenvalue weighted by atomic mass is 16.6. The van der Waals surface area contributed by atoms with Crippen molar-refractivity contribution in [3.63, 3.8) is 0 Å². The van der Waals surface area contributed by atoms with Gasteiger partial charge in [0.05, 0.1) is 23.0 Å². The second kappa shape index (κ2) is 10.2. The van der Waals surface area contributed by atoms with E-state index >= 15 is 0 Å². The molecule has 0 radical (unpaired) electrons. The quantitative estimate of drug-likeness (QED) is 0.559. The van der Waals surface area contributed by atoms with E-state index in [1.165, 1.54) is 6.92 Å². The first-order chi connectivity index (χ1) is 15.9. The second-order valence-corrected chi connectivity index (χ2v) is 10.9.